The van der Waals surface area contributed by atoms with Crippen LogP contribution in [0.25, 0.3) is 0 Å². The van der Waals surface area contributed by atoms with Crippen molar-refractivity contribution in [1.82, 2.24) is 5.32 Å². The molecule has 0 radical (unpaired) electrons. The lowest BCUT2D eigenvalue weighted by atomic mass is 10.00. The SMILES string of the molecule is CN(C)c1ccc(C(=O)NC2(CBr)CCCC2)cc1. The number of carbonyl (C=O) groups is 1. The average Bonchev–Trinajstić information content (AvgIpc) is 2.88. The summed E-state index contributed by atoms with van der Waals surface area (Å²) in [4.78, 5) is 14.3. The van der Waals surface area contributed by atoms with Gasteiger partial charge < -0.3 is 10.2 Å². The molecule has 1 saturated carbocycles. The highest BCUT2D eigenvalue weighted by molar-refractivity contribution is 9.09. The molecule has 0 unspecified atom stereocenters. The van der Waals surface area contributed by atoms with Gasteiger partial charge in [-0.1, -0.05) is 28.8 Å². The number of hydrogen-bond donors (Lipinski definition) is 1. The lowest BCUT2D eigenvalue weighted by molar-refractivity contribution is 0.0910. The molecule has 19 heavy (non-hydrogen) atoms. The lowest BCUT2D eigenvalue weighted by Gasteiger charge is -2.28. The van der Waals surface area contributed by atoms with Gasteiger partial charge in [-0.15, -0.1) is 0 Å². The highest BCUT2D eigenvalue weighted by atomic mass is 79.9. The molecule has 1 amide bonds. The average molecular weight is 325 g/mol. The minimum absolute atomic E-state index is 0.0339. The van der Waals surface area contributed by atoms with E-state index in [0.29, 0.717) is 0 Å². The number of anilines is 1. The van der Waals surface area contributed by atoms with Gasteiger partial charge in [0.15, 0.2) is 0 Å². The van der Waals surface area contributed by atoms with Gasteiger partial charge in [-0.25, -0.2) is 0 Å². The summed E-state index contributed by atoms with van der Waals surface area (Å²) in [6.45, 7) is 0. The summed E-state index contributed by atoms with van der Waals surface area (Å²) in [7, 11) is 3.99. The monoisotopic (exact) mass is 324 g/mol. The van der Waals surface area contributed by atoms with Gasteiger partial charge in [0.1, 0.15) is 0 Å². The molecule has 104 valence electrons. The van der Waals surface area contributed by atoms with E-state index >= 15 is 0 Å². The maximum absolute atomic E-state index is 12.3. The molecule has 1 aromatic carbocycles. The van der Waals surface area contributed by atoms with Crippen LogP contribution in [0.2, 0.25) is 0 Å². The number of halogens is 1. The molecule has 0 spiro atoms. The Labute approximate surface area is 123 Å². The van der Waals surface area contributed by atoms with Crippen molar-refractivity contribution in [2.24, 2.45) is 0 Å². The molecule has 1 aliphatic carbocycles. The van der Waals surface area contributed by atoms with Crippen LogP contribution in [-0.2, 0) is 0 Å². The van der Waals surface area contributed by atoms with Gasteiger partial charge >= 0.3 is 0 Å². The largest absolute Gasteiger partial charge is 0.378 e. The molecular weight excluding hydrogens is 304 g/mol. The second-order valence-electron chi connectivity index (χ2n) is 5.52. The minimum Gasteiger partial charge on any atom is -0.378 e. The number of alkyl halides is 1. The molecule has 1 fully saturated rings. The van der Waals surface area contributed by atoms with E-state index in [0.717, 1.165) is 29.4 Å². The second kappa shape index (κ2) is 5.95. The van der Waals surface area contributed by atoms with Gasteiger partial charge in [-0.05, 0) is 37.1 Å². The van der Waals surface area contributed by atoms with E-state index in [2.05, 4.69) is 21.2 Å². The molecule has 1 aromatic rings. The summed E-state index contributed by atoms with van der Waals surface area (Å²) < 4.78 is 0. The van der Waals surface area contributed by atoms with Gasteiger partial charge in [0, 0.05) is 30.7 Å². The van der Waals surface area contributed by atoms with Gasteiger partial charge in [-0.3, -0.25) is 4.79 Å². The number of benzene rings is 1. The molecule has 1 N–H and O–H groups in total. The van der Waals surface area contributed by atoms with E-state index in [-0.39, 0.29) is 11.4 Å². The van der Waals surface area contributed by atoms with E-state index in [9.17, 15) is 4.79 Å². The Morgan fingerprint density at radius 1 is 1.26 bits per heavy atom. The first kappa shape index (κ1) is 14.4. The topological polar surface area (TPSA) is 32.3 Å². The molecular formula is C15H21BrN2O. The number of amides is 1. The summed E-state index contributed by atoms with van der Waals surface area (Å²) in [5.41, 5.74) is 1.79. The van der Waals surface area contributed by atoms with Crippen molar-refractivity contribution in [2.45, 2.75) is 31.2 Å². The molecule has 0 atom stereocenters. The van der Waals surface area contributed by atoms with Crippen LogP contribution in [0.3, 0.4) is 0 Å². The van der Waals surface area contributed by atoms with Crippen molar-refractivity contribution < 1.29 is 4.79 Å². The summed E-state index contributed by atoms with van der Waals surface area (Å²) in [5.74, 6) is 0.0339. The van der Waals surface area contributed by atoms with Crippen molar-refractivity contribution in [3.8, 4) is 0 Å². The van der Waals surface area contributed by atoms with E-state index in [1.807, 2.05) is 43.3 Å². The summed E-state index contributed by atoms with van der Waals surface area (Å²) in [6, 6.07) is 7.73. The molecule has 0 aliphatic heterocycles. The number of nitrogens with one attached hydrogen (secondary N) is 1. The minimum atomic E-state index is -0.0443. The summed E-state index contributed by atoms with van der Waals surface area (Å²) in [5, 5.41) is 4.04. The zero-order valence-corrected chi connectivity index (χ0v) is 13.2. The molecule has 2 rings (SSSR count). The second-order valence-corrected chi connectivity index (χ2v) is 6.08. The zero-order chi connectivity index (χ0) is 13.9. The molecule has 1 aliphatic rings. The van der Waals surface area contributed by atoms with Gasteiger partial charge in [0.2, 0.25) is 0 Å². The first-order valence-electron chi connectivity index (χ1n) is 6.72. The predicted molar refractivity (Wildman–Crippen MR) is 83.2 cm³/mol. The van der Waals surface area contributed by atoms with E-state index in [1.54, 1.807) is 0 Å². The van der Waals surface area contributed by atoms with E-state index in [4.69, 9.17) is 0 Å². The van der Waals surface area contributed by atoms with Crippen molar-refractivity contribution in [3.63, 3.8) is 0 Å². The van der Waals surface area contributed by atoms with Crippen molar-refractivity contribution in [3.05, 3.63) is 29.8 Å². The number of nitrogens with zero attached hydrogens (tertiary/aromatic N) is 1. The fourth-order valence-electron chi connectivity index (χ4n) is 2.57. The normalized spacial score (nSPS) is 17.2. The van der Waals surface area contributed by atoms with E-state index < -0.39 is 0 Å². The maximum atomic E-state index is 12.3. The summed E-state index contributed by atoms with van der Waals surface area (Å²) in [6.07, 6.45) is 4.54. The fourth-order valence-corrected chi connectivity index (χ4v) is 3.27. The van der Waals surface area contributed by atoms with Gasteiger partial charge in [-0.2, -0.15) is 0 Å². The van der Waals surface area contributed by atoms with Crippen LogP contribution in [0.1, 0.15) is 36.0 Å². The molecule has 0 saturated heterocycles. The van der Waals surface area contributed by atoms with Crippen LogP contribution < -0.4 is 10.2 Å². The Balaban J connectivity index is 2.07. The Kier molecular flexibility index (Phi) is 4.50. The predicted octanol–water partition coefficient (Wildman–Crippen LogP) is 3.19. The highest BCUT2D eigenvalue weighted by Crippen LogP contribution is 2.31. The van der Waals surface area contributed by atoms with Crippen LogP contribution in [0.5, 0.6) is 0 Å². The molecule has 0 bridgehead atoms. The lowest BCUT2D eigenvalue weighted by Crippen LogP contribution is -2.47. The smallest absolute Gasteiger partial charge is 0.251 e. The zero-order valence-electron chi connectivity index (χ0n) is 11.6. The standard InChI is InChI=1S/C15H21BrN2O/c1-18(2)13-7-5-12(6-8-13)14(19)17-15(11-16)9-3-4-10-15/h5-8H,3-4,9-11H2,1-2H3,(H,17,19). The number of rotatable bonds is 4. The van der Waals surface area contributed by atoms with E-state index in [1.165, 1.54) is 12.8 Å². The Morgan fingerprint density at radius 2 is 1.84 bits per heavy atom. The number of hydrogen-bond acceptors (Lipinski definition) is 2. The first-order valence-corrected chi connectivity index (χ1v) is 7.84. The Morgan fingerprint density at radius 3 is 2.32 bits per heavy atom. The molecule has 4 heteroatoms. The first-order chi connectivity index (χ1) is 9.06. The third kappa shape index (κ3) is 3.30. The molecule has 3 nitrogen and oxygen atoms in total. The van der Waals surface area contributed by atoms with Crippen molar-refractivity contribution >= 4 is 27.5 Å². The summed E-state index contributed by atoms with van der Waals surface area (Å²) >= 11 is 3.54. The van der Waals surface area contributed by atoms with Crippen molar-refractivity contribution in [1.29, 1.82) is 0 Å². The Hall–Kier alpha value is -1.03. The molecule has 0 aromatic heterocycles. The van der Waals surface area contributed by atoms with Gasteiger partial charge in [0.25, 0.3) is 5.91 Å². The quantitative estimate of drug-likeness (QED) is 0.863. The van der Waals surface area contributed by atoms with Crippen LogP contribution in [0.4, 0.5) is 5.69 Å². The highest BCUT2D eigenvalue weighted by Gasteiger charge is 2.34. The third-order valence-electron chi connectivity index (χ3n) is 3.84. The van der Waals surface area contributed by atoms with Crippen LogP contribution in [0, 0.1) is 0 Å². The molecule has 0 heterocycles. The third-order valence-corrected chi connectivity index (χ3v) is 4.91. The maximum Gasteiger partial charge on any atom is 0.251 e. The number of carbonyl (C=O) groups excluding carboxylic acids is 1. The fraction of sp³-hybridized carbons (Fsp3) is 0.533. The van der Waals surface area contributed by atoms with Crippen LogP contribution in [-0.4, -0.2) is 30.9 Å². The van der Waals surface area contributed by atoms with Gasteiger partial charge in [0.05, 0.1) is 5.54 Å². The van der Waals surface area contributed by atoms with Crippen molar-refractivity contribution in [2.75, 3.05) is 24.3 Å². The van der Waals surface area contributed by atoms with Crippen LogP contribution in [0.15, 0.2) is 24.3 Å². The van der Waals surface area contributed by atoms with Crippen LogP contribution >= 0.6 is 15.9 Å². The Bertz CT molecular complexity index is 436.